The van der Waals surface area contributed by atoms with Crippen molar-refractivity contribution in [1.82, 2.24) is 0 Å². The predicted octanol–water partition coefficient (Wildman–Crippen LogP) is 4.99. The van der Waals surface area contributed by atoms with E-state index in [-0.39, 0.29) is 19.2 Å². The van der Waals surface area contributed by atoms with Crippen LogP contribution < -0.4 is 0 Å². The Balaban J connectivity index is 3.63. The van der Waals surface area contributed by atoms with Gasteiger partial charge in [-0.1, -0.05) is 57.6 Å². The second-order valence-corrected chi connectivity index (χ2v) is 11.0. The average Bonchev–Trinajstić information content (AvgIpc) is 2.73. The number of esters is 1. The first kappa shape index (κ1) is 32.2. The standard InChI is InChI=1S/C24H48NO7P/c1-5-6-7-8-9-10-11-12-13-14-15-16-17-18-24(27)30-21-23(26)22-32-33(28,29)31-20-19-25(2,3)4/h10-11,23,26H,5-9,12-22H2,1-4H3/p+1/b11-10-/t23-/m1/s1. The van der Waals surface area contributed by atoms with E-state index in [1.807, 2.05) is 21.1 Å². The van der Waals surface area contributed by atoms with Gasteiger partial charge in [0.2, 0.25) is 0 Å². The number of allylic oxidation sites excluding steroid dienone is 2. The molecule has 0 spiro atoms. The number of unbranched alkanes of at least 4 members (excludes halogenated alkanes) is 9. The third kappa shape index (κ3) is 24.2. The first-order valence-corrected chi connectivity index (χ1v) is 14.0. The van der Waals surface area contributed by atoms with Crippen LogP contribution in [0.4, 0.5) is 0 Å². The molecule has 0 aromatic rings. The van der Waals surface area contributed by atoms with Gasteiger partial charge in [-0.05, 0) is 32.1 Å². The van der Waals surface area contributed by atoms with Gasteiger partial charge in [-0.2, -0.15) is 0 Å². The number of carbonyl (C=O) groups is 1. The minimum absolute atomic E-state index is 0.0538. The summed E-state index contributed by atoms with van der Waals surface area (Å²) in [5.74, 6) is -0.383. The Morgan fingerprint density at radius 2 is 1.48 bits per heavy atom. The maximum Gasteiger partial charge on any atom is 0.472 e. The Kier molecular flexibility index (Phi) is 19.1. The van der Waals surface area contributed by atoms with E-state index < -0.39 is 20.5 Å². The van der Waals surface area contributed by atoms with Gasteiger partial charge in [0, 0.05) is 6.42 Å². The van der Waals surface area contributed by atoms with Crippen LogP contribution in [0.15, 0.2) is 12.2 Å². The summed E-state index contributed by atoms with van der Waals surface area (Å²) in [6.07, 6.45) is 16.4. The monoisotopic (exact) mass is 494 g/mol. The van der Waals surface area contributed by atoms with E-state index >= 15 is 0 Å². The molecule has 0 amide bonds. The smallest absolute Gasteiger partial charge is 0.463 e. The van der Waals surface area contributed by atoms with E-state index in [9.17, 15) is 19.4 Å². The predicted molar refractivity (Wildman–Crippen MR) is 132 cm³/mol. The van der Waals surface area contributed by atoms with Crippen LogP contribution in [0.5, 0.6) is 0 Å². The lowest BCUT2D eigenvalue weighted by atomic mass is 10.1. The highest BCUT2D eigenvalue weighted by Gasteiger charge is 2.24. The van der Waals surface area contributed by atoms with Gasteiger partial charge in [-0.25, -0.2) is 4.57 Å². The van der Waals surface area contributed by atoms with Crippen LogP contribution in [0.3, 0.4) is 0 Å². The van der Waals surface area contributed by atoms with Gasteiger partial charge < -0.3 is 19.2 Å². The van der Waals surface area contributed by atoms with Crippen molar-refractivity contribution in [1.29, 1.82) is 0 Å². The molecular weight excluding hydrogens is 445 g/mol. The zero-order valence-corrected chi connectivity index (χ0v) is 22.3. The Morgan fingerprint density at radius 3 is 2.09 bits per heavy atom. The SMILES string of the molecule is CCCCCC/C=C\CCCCCCCC(=O)OC[C@@H](O)COP(=O)(O)OCC[N+](C)(C)C. The number of aliphatic hydroxyl groups is 1. The first-order valence-electron chi connectivity index (χ1n) is 12.5. The molecular formula is C24H49NO7P+. The number of carbonyl (C=O) groups excluding carboxylic acids is 1. The van der Waals surface area contributed by atoms with Crippen LogP contribution in [0, 0.1) is 0 Å². The molecule has 9 heteroatoms. The first-order chi connectivity index (χ1) is 15.6. The Labute approximate surface area is 201 Å². The highest BCUT2D eigenvalue weighted by Crippen LogP contribution is 2.43. The van der Waals surface area contributed by atoms with Crippen LogP contribution >= 0.6 is 7.82 Å². The number of ether oxygens (including phenoxy) is 1. The molecule has 8 nitrogen and oxygen atoms in total. The Hall–Kier alpha value is -0.760. The summed E-state index contributed by atoms with van der Waals surface area (Å²) in [5, 5.41) is 9.80. The van der Waals surface area contributed by atoms with Crippen molar-refractivity contribution in [3.63, 3.8) is 0 Å². The number of phosphoric acid groups is 1. The number of rotatable bonds is 22. The number of phosphoric ester groups is 1. The molecule has 0 aromatic carbocycles. The summed E-state index contributed by atoms with van der Waals surface area (Å²) in [7, 11) is 1.55. The molecule has 0 rings (SSSR count). The fourth-order valence-electron chi connectivity index (χ4n) is 2.94. The molecule has 0 fully saturated rings. The van der Waals surface area contributed by atoms with Gasteiger partial charge in [-0.15, -0.1) is 0 Å². The molecule has 2 atom stereocenters. The van der Waals surface area contributed by atoms with E-state index in [0.717, 1.165) is 32.1 Å². The molecule has 0 aliphatic heterocycles. The van der Waals surface area contributed by atoms with Crippen LogP contribution in [0.1, 0.15) is 84.0 Å². The molecule has 0 bridgehead atoms. The van der Waals surface area contributed by atoms with Crippen molar-refractivity contribution in [2.75, 3.05) is 47.5 Å². The zero-order chi connectivity index (χ0) is 25.0. The van der Waals surface area contributed by atoms with Gasteiger partial charge in [0.15, 0.2) is 0 Å². The van der Waals surface area contributed by atoms with E-state index in [1.165, 1.54) is 38.5 Å². The molecule has 0 aliphatic carbocycles. The lowest BCUT2D eigenvalue weighted by Crippen LogP contribution is -2.37. The van der Waals surface area contributed by atoms with Gasteiger partial charge in [-0.3, -0.25) is 13.8 Å². The Bertz CT molecular complexity index is 564. The zero-order valence-electron chi connectivity index (χ0n) is 21.4. The largest absolute Gasteiger partial charge is 0.472 e. The third-order valence-corrected chi connectivity index (χ3v) is 6.01. The molecule has 2 N–H and O–H groups in total. The number of likely N-dealkylation sites (N-methyl/N-ethyl adjacent to an activating group) is 1. The summed E-state index contributed by atoms with van der Waals surface area (Å²) in [6.45, 7) is 2.09. The minimum atomic E-state index is -4.24. The summed E-state index contributed by atoms with van der Waals surface area (Å²) < 4.78 is 27.0. The molecule has 33 heavy (non-hydrogen) atoms. The average molecular weight is 495 g/mol. The van der Waals surface area contributed by atoms with E-state index in [2.05, 4.69) is 19.1 Å². The molecule has 0 saturated heterocycles. The van der Waals surface area contributed by atoms with Gasteiger partial charge >= 0.3 is 13.8 Å². The molecule has 0 aromatic heterocycles. The molecule has 196 valence electrons. The highest BCUT2D eigenvalue weighted by atomic mass is 31.2. The fourth-order valence-corrected chi connectivity index (χ4v) is 3.69. The fraction of sp³-hybridized carbons (Fsp3) is 0.875. The van der Waals surface area contributed by atoms with Crippen LogP contribution in [0.25, 0.3) is 0 Å². The molecule has 0 heterocycles. The summed E-state index contributed by atoms with van der Waals surface area (Å²) >= 11 is 0. The molecule has 0 radical (unpaired) electrons. The number of aliphatic hydroxyl groups excluding tert-OH is 1. The lowest BCUT2D eigenvalue weighted by Gasteiger charge is -2.24. The molecule has 0 saturated carbocycles. The maximum atomic E-state index is 11.8. The normalized spacial score (nSPS) is 15.0. The molecule has 1 unspecified atom stereocenters. The van der Waals surface area contributed by atoms with Crippen molar-refractivity contribution < 1.29 is 37.6 Å². The van der Waals surface area contributed by atoms with Crippen LogP contribution in [-0.2, 0) is 23.1 Å². The van der Waals surface area contributed by atoms with Crippen molar-refractivity contribution in [2.24, 2.45) is 0 Å². The van der Waals surface area contributed by atoms with E-state index in [1.54, 1.807) is 0 Å². The van der Waals surface area contributed by atoms with Gasteiger partial charge in [0.25, 0.3) is 0 Å². The van der Waals surface area contributed by atoms with Crippen LogP contribution in [0.2, 0.25) is 0 Å². The van der Waals surface area contributed by atoms with Gasteiger partial charge in [0.1, 0.15) is 25.9 Å². The number of hydrogen-bond acceptors (Lipinski definition) is 6. The summed E-state index contributed by atoms with van der Waals surface area (Å²) in [4.78, 5) is 21.4. The third-order valence-electron chi connectivity index (χ3n) is 5.03. The topological polar surface area (TPSA) is 102 Å². The van der Waals surface area contributed by atoms with Crippen molar-refractivity contribution >= 4 is 13.8 Å². The van der Waals surface area contributed by atoms with E-state index in [0.29, 0.717) is 17.4 Å². The van der Waals surface area contributed by atoms with Crippen molar-refractivity contribution in [2.45, 2.75) is 90.1 Å². The van der Waals surface area contributed by atoms with Crippen LogP contribution in [-0.4, -0.2) is 74.1 Å². The van der Waals surface area contributed by atoms with Gasteiger partial charge in [0.05, 0.1) is 27.7 Å². The van der Waals surface area contributed by atoms with Crippen molar-refractivity contribution in [3.8, 4) is 0 Å². The molecule has 0 aliphatic rings. The minimum Gasteiger partial charge on any atom is -0.463 e. The quantitative estimate of drug-likeness (QED) is 0.0719. The maximum absolute atomic E-state index is 11.8. The number of hydrogen-bond donors (Lipinski definition) is 2. The lowest BCUT2D eigenvalue weighted by molar-refractivity contribution is -0.870. The highest BCUT2D eigenvalue weighted by molar-refractivity contribution is 7.47. The number of quaternary nitrogens is 1. The van der Waals surface area contributed by atoms with Crippen molar-refractivity contribution in [3.05, 3.63) is 12.2 Å². The summed E-state index contributed by atoms with van der Waals surface area (Å²) in [6, 6.07) is 0. The second kappa shape index (κ2) is 19.5. The second-order valence-electron chi connectivity index (χ2n) is 9.58. The number of nitrogens with zero attached hydrogens (tertiary/aromatic N) is 1. The van der Waals surface area contributed by atoms with E-state index in [4.69, 9.17) is 13.8 Å². The summed E-state index contributed by atoms with van der Waals surface area (Å²) in [5.41, 5.74) is 0. The Morgan fingerprint density at radius 1 is 0.909 bits per heavy atom.